The van der Waals surface area contributed by atoms with Crippen molar-refractivity contribution in [3.05, 3.63) is 29.8 Å². The number of piperidine rings is 1. The summed E-state index contributed by atoms with van der Waals surface area (Å²) in [5.41, 5.74) is 0.503. The predicted octanol–water partition coefficient (Wildman–Crippen LogP) is 1.45. The molecule has 1 N–H and O–H groups in total. The van der Waals surface area contributed by atoms with Crippen molar-refractivity contribution < 1.29 is 22.7 Å². The molecule has 2 fully saturated rings. The molecule has 1 saturated heterocycles. The molecule has 29 heavy (non-hydrogen) atoms. The number of nitrogens with one attached hydrogen (secondary N) is 1. The molecular formula is C20H25N3O5S. The molecule has 4 rings (SSSR count). The van der Waals surface area contributed by atoms with Gasteiger partial charge >= 0.3 is 5.97 Å². The van der Waals surface area contributed by atoms with Gasteiger partial charge in [0.05, 0.1) is 0 Å². The highest BCUT2D eigenvalue weighted by atomic mass is 32.2. The van der Waals surface area contributed by atoms with Crippen molar-refractivity contribution in [2.24, 2.45) is 10.3 Å². The van der Waals surface area contributed by atoms with E-state index in [1.807, 2.05) is 6.92 Å². The number of amides is 1. The second-order valence-corrected chi connectivity index (χ2v) is 9.46. The Kier molecular flexibility index (Phi) is 5.33. The SMILES string of the molecule is C[C@H](NC(=O)COC(=O)[C@H]1CCCCN1C1=NS(=O)(=O)c2ccccc21)C1CC1. The average Bonchev–Trinajstić information content (AvgIpc) is 3.52. The van der Waals surface area contributed by atoms with Crippen LogP contribution < -0.4 is 5.32 Å². The molecule has 1 saturated carbocycles. The molecule has 1 aromatic rings. The number of fused-ring (bicyclic) bond motifs is 1. The summed E-state index contributed by atoms with van der Waals surface area (Å²) in [7, 11) is -3.76. The first-order chi connectivity index (χ1) is 13.9. The quantitative estimate of drug-likeness (QED) is 0.724. The average molecular weight is 420 g/mol. The van der Waals surface area contributed by atoms with Crippen molar-refractivity contribution in [2.45, 2.75) is 56.0 Å². The number of sulfonamides is 1. The van der Waals surface area contributed by atoms with Gasteiger partial charge in [-0.1, -0.05) is 12.1 Å². The van der Waals surface area contributed by atoms with Gasteiger partial charge in [-0.15, -0.1) is 4.40 Å². The first kappa shape index (κ1) is 19.9. The van der Waals surface area contributed by atoms with E-state index >= 15 is 0 Å². The van der Waals surface area contributed by atoms with Crippen LogP contribution in [0.4, 0.5) is 0 Å². The maximum atomic E-state index is 12.7. The van der Waals surface area contributed by atoms with Crippen molar-refractivity contribution in [1.29, 1.82) is 0 Å². The highest BCUT2D eigenvalue weighted by Crippen LogP contribution is 2.32. The predicted molar refractivity (Wildman–Crippen MR) is 106 cm³/mol. The maximum Gasteiger partial charge on any atom is 0.329 e. The number of hydrogen-bond donors (Lipinski definition) is 1. The zero-order chi connectivity index (χ0) is 20.6. The molecule has 8 nitrogen and oxygen atoms in total. The van der Waals surface area contributed by atoms with Gasteiger partial charge in [-0.3, -0.25) is 4.79 Å². The van der Waals surface area contributed by atoms with Crippen molar-refractivity contribution in [3.8, 4) is 0 Å². The normalized spacial score (nSPS) is 23.7. The molecule has 2 aliphatic heterocycles. The first-order valence-corrected chi connectivity index (χ1v) is 11.5. The van der Waals surface area contributed by atoms with Crippen molar-refractivity contribution >= 4 is 27.7 Å². The van der Waals surface area contributed by atoms with Crippen LogP contribution in [-0.4, -0.2) is 56.3 Å². The lowest BCUT2D eigenvalue weighted by Gasteiger charge is -2.35. The van der Waals surface area contributed by atoms with E-state index in [4.69, 9.17) is 4.74 Å². The van der Waals surface area contributed by atoms with Crippen LogP contribution in [0.3, 0.4) is 0 Å². The van der Waals surface area contributed by atoms with Crippen LogP contribution in [0.5, 0.6) is 0 Å². The molecule has 3 aliphatic rings. The van der Waals surface area contributed by atoms with Crippen LogP contribution in [0.15, 0.2) is 33.6 Å². The minimum atomic E-state index is -3.76. The second kappa shape index (κ2) is 7.78. The van der Waals surface area contributed by atoms with Crippen LogP contribution in [-0.2, 0) is 24.3 Å². The van der Waals surface area contributed by atoms with Crippen LogP contribution >= 0.6 is 0 Å². The Morgan fingerprint density at radius 1 is 1.24 bits per heavy atom. The van der Waals surface area contributed by atoms with E-state index in [1.165, 1.54) is 6.07 Å². The van der Waals surface area contributed by atoms with Crippen molar-refractivity contribution in [3.63, 3.8) is 0 Å². The Morgan fingerprint density at radius 3 is 2.76 bits per heavy atom. The Labute approximate surface area is 170 Å². The summed E-state index contributed by atoms with van der Waals surface area (Å²) in [5, 5.41) is 2.86. The highest BCUT2D eigenvalue weighted by Gasteiger charge is 2.38. The minimum Gasteiger partial charge on any atom is -0.454 e. The fourth-order valence-electron chi connectivity index (χ4n) is 3.97. The van der Waals surface area contributed by atoms with E-state index in [0.717, 1.165) is 25.7 Å². The number of esters is 1. The van der Waals surface area contributed by atoms with Crippen LogP contribution in [0.2, 0.25) is 0 Å². The van der Waals surface area contributed by atoms with E-state index < -0.39 is 22.0 Å². The summed E-state index contributed by atoms with van der Waals surface area (Å²) in [6, 6.07) is 6.04. The number of likely N-dealkylation sites (tertiary alicyclic amines) is 1. The van der Waals surface area contributed by atoms with Gasteiger partial charge in [0, 0.05) is 18.2 Å². The molecule has 1 amide bonds. The molecule has 0 radical (unpaired) electrons. The smallest absolute Gasteiger partial charge is 0.329 e. The summed E-state index contributed by atoms with van der Waals surface area (Å²) in [6.45, 7) is 2.13. The molecule has 156 valence electrons. The summed E-state index contributed by atoms with van der Waals surface area (Å²) in [4.78, 5) is 26.6. The molecule has 0 aromatic heterocycles. The van der Waals surface area contributed by atoms with Gasteiger partial charge in [0.1, 0.15) is 10.9 Å². The fourth-order valence-corrected chi connectivity index (χ4v) is 5.19. The number of hydrogen-bond acceptors (Lipinski definition) is 6. The third-order valence-corrected chi connectivity index (χ3v) is 7.05. The van der Waals surface area contributed by atoms with Gasteiger partial charge in [0.25, 0.3) is 15.9 Å². The van der Waals surface area contributed by atoms with Crippen LogP contribution in [0, 0.1) is 5.92 Å². The highest BCUT2D eigenvalue weighted by molar-refractivity contribution is 7.90. The third-order valence-electron chi connectivity index (χ3n) is 5.72. The van der Waals surface area contributed by atoms with Gasteiger partial charge in [-0.25, -0.2) is 4.79 Å². The van der Waals surface area contributed by atoms with Crippen molar-refractivity contribution in [2.75, 3.05) is 13.2 Å². The van der Waals surface area contributed by atoms with E-state index in [-0.39, 0.29) is 29.3 Å². The van der Waals surface area contributed by atoms with Gasteiger partial charge in [-0.05, 0) is 57.1 Å². The van der Waals surface area contributed by atoms with Gasteiger partial charge in [0.2, 0.25) is 0 Å². The largest absolute Gasteiger partial charge is 0.454 e. The molecular weight excluding hydrogens is 394 g/mol. The van der Waals surface area contributed by atoms with Gasteiger partial charge in [-0.2, -0.15) is 8.42 Å². The molecule has 2 atom stereocenters. The molecule has 1 aromatic carbocycles. The molecule has 9 heteroatoms. The topological polar surface area (TPSA) is 105 Å². The molecule has 0 unspecified atom stereocenters. The number of ether oxygens (including phenoxy) is 1. The number of rotatable bonds is 5. The summed E-state index contributed by atoms with van der Waals surface area (Å²) >= 11 is 0. The number of amidine groups is 1. The zero-order valence-corrected chi connectivity index (χ0v) is 17.2. The molecule has 1 aliphatic carbocycles. The lowest BCUT2D eigenvalue weighted by molar-refractivity contribution is -0.153. The van der Waals surface area contributed by atoms with E-state index in [2.05, 4.69) is 9.71 Å². The summed E-state index contributed by atoms with van der Waals surface area (Å²) in [6.07, 6.45) is 4.41. The lowest BCUT2D eigenvalue weighted by Crippen LogP contribution is -2.49. The molecule has 2 heterocycles. The van der Waals surface area contributed by atoms with Crippen LogP contribution in [0.1, 0.15) is 44.6 Å². The van der Waals surface area contributed by atoms with Gasteiger partial charge in [0.15, 0.2) is 12.4 Å². The van der Waals surface area contributed by atoms with Crippen LogP contribution in [0.25, 0.3) is 0 Å². The molecule has 0 spiro atoms. The Balaban J connectivity index is 1.45. The number of carbonyl (C=O) groups excluding carboxylic acids is 2. The Hall–Kier alpha value is -2.42. The van der Waals surface area contributed by atoms with Crippen molar-refractivity contribution in [1.82, 2.24) is 10.2 Å². The van der Waals surface area contributed by atoms with Gasteiger partial charge < -0.3 is 15.0 Å². The standard InChI is InChI=1S/C20H25N3O5S/c1-13(14-9-10-14)21-18(24)12-28-20(25)16-7-4-5-11-23(16)19-15-6-2-3-8-17(15)29(26,27)22-19/h2-3,6,8,13-14,16H,4-5,7,9-12H2,1H3,(H,21,24)/t13-,16+/m0/s1. The lowest BCUT2D eigenvalue weighted by atomic mass is 10.0. The monoisotopic (exact) mass is 419 g/mol. The number of nitrogens with zero attached hydrogens (tertiary/aromatic N) is 2. The van der Waals surface area contributed by atoms with E-state index in [9.17, 15) is 18.0 Å². The zero-order valence-electron chi connectivity index (χ0n) is 16.3. The number of benzene rings is 1. The third kappa shape index (κ3) is 4.14. The Morgan fingerprint density at radius 2 is 2.00 bits per heavy atom. The summed E-state index contributed by atoms with van der Waals surface area (Å²) < 4.78 is 34.0. The minimum absolute atomic E-state index is 0.0851. The number of carbonyl (C=O) groups is 2. The fraction of sp³-hybridized carbons (Fsp3) is 0.550. The second-order valence-electron chi connectivity index (χ2n) is 7.89. The summed E-state index contributed by atoms with van der Waals surface area (Å²) in [5.74, 6) is -0.0328. The first-order valence-electron chi connectivity index (χ1n) is 10.0. The van der Waals surface area contributed by atoms with E-state index in [1.54, 1.807) is 23.1 Å². The molecule has 0 bridgehead atoms. The van der Waals surface area contributed by atoms with E-state index in [0.29, 0.717) is 24.4 Å². The Bertz CT molecular complexity index is 955. The maximum absolute atomic E-state index is 12.7.